The summed E-state index contributed by atoms with van der Waals surface area (Å²) in [7, 11) is 0. The molecule has 1 aromatic carbocycles. The summed E-state index contributed by atoms with van der Waals surface area (Å²) in [6.45, 7) is 1.37. The Morgan fingerprint density at radius 1 is 1.24 bits per heavy atom. The Labute approximate surface area is 239 Å². The first-order valence-corrected chi connectivity index (χ1v) is 13.6. The van der Waals surface area contributed by atoms with Gasteiger partial charge in [-0.15, -0.1) is 10.2 Å². The maximum Gasteiger partial charge on any atom is 0.455 e. The standard InChI is InChI=1S/C25H19ClF3N9O2S/c1-13-5-14(9-30)6-18(23(40)32-16-11-41-12-16)17(13)8-21(39)20-7-15(10-37-35-24(33-36-37)25(27,28)29)34-38(20)22-19(26)3-2-4-31-22/h2-7,16H,8,10-12H2,1H3,(H,32,40). The van der Waals surface area contributed by atoms with Crippen LogP contribution in [0.4, 0.5) is 13.2 Å². The van der Waals surface area contributed by atoms with Gasteiger partial charge in [-0.25, -0.2) is 9.67 Å². The number of aromatic nitrogens is 7. The third-order valence-electron chi connectivity index (χ3n) is 6.15. The number of thioether (sulfide) groups is 1. The maximum atomic E-state index is 13.8. The lowest BCUT2D eigenvalue weighted by molar-refractivity contribution is -0.145. The number of alkyl halides is 3. The van der Waals surface area contributed by atoms with Gasteiger partial charge in [-0.3, -0.25) is 9.59 Å². The summed E-state index contributed by atoms with van der Waals surface area (Å²) in [5, 5.41) is 26.7. The van der Waals surface area contributed by atoms with Crippen LogP contribution >= 0.6 is 23.4 Å². The normalized spacial score (nSPS) is 13.5. The SMILES string of the molecule is Cc1cc(C#N)cc(C(=O)NC2CSC2)c1CC(=O)c1cc(Cn2nnc(C(F)(F)F)n2)nn1-c1ncccc1Cl. The minimum absolute atomic E-state index is 0.000596. The third-order valence-corrected chi connectivity index (χ3v) is 7.72. The van der Waals surface area contributed by atoms with Gasteiger partial charge in [-0.1, -0.05) is 11.6 Å². The summed E-state index contributed by atoms with van der Waals surface area (Å²) in [6.07, 6.45) is -3.58. The number of hydrogen-bond donors (Lipinski definition) is 1. The fourth-order valence-electron chi connectivity index (χ4n) is 4.12. The molecule has 0 radical (unpaired) electrons. The Hall–Kier alpha value is -4.29. The van der Waals surface area contributed by atoms with Gasteiger partial charge < -0.3 is 5.32 Å². The Bertz CT molecular complexity index is 1690. The van der Waals surface area contributed by atoms with Crippen LogP contribution in [0.25, 0.3) is 5.82 Å². The molecule has 1 aliphatic rings. The summed E-state index contributed by atoms with van der Waals surface area (Å²) in [5.41, 5.74) is 1.63. The number of carbonyl (C=O) groups excluding carboxylic acids is 2. The van der Waals surface area contributed by atoms with Crippen LogP contribution in [-0.4, -0.2) is 64.2 Å². The lowest BCUT2D eigenvalue weighted by atomic mass is 9.93. The minimum Gasteiger partial charge on any atom is -0.348 e. The molecule has 0 saturated carbocycles. The van der Waals surface area contributed by atoms with Crippen molar-refractivity contribution in [2.75, 3.05) is 11.5 Å². The van der Waals surface area contributed by atoms with E-state index in [2.05, 4.69) is 30.8 Å². The number of nitrogens with zero attached hydrogens (tertiary/aromatic N) is 8. The molecule has 0 unspecified atom stereocenters. The number of ketones is 1. The summed E-state index contributed by atoms with van der Waals surface area (Å²) >= 11 is 8.02. The van der Waals surface area contributed by atoms with Crippen molar-refractivity contribution >= 4 is 35.1 Å². The number of rotatable bonds is 8. The molecule has 4 aromatic rings. The predicted octanol–water partition coefficient (Wildman–Crippen LogP) is 3.43. The van der Waals surface area contributed by atoms with E-state index in [0.717, 1.165) is 11.5 Å². The fourth-order valence-corrected chi connectivity index (χ4v) is 4.96. The van der Waals surface area contributed by atoms with E-state index in [4.69, 9.17) is 11.6 Å². The van der Waals surface area contributed by atoms with Gasteiger partial charge in [0.1, 0.15) is 12.2 Å². The Morgan fingerprint density at radius 3 is 2.66 bits per heavy atom. The maximum absolute atomic E-state index is 13.8. The van der Waals surface area contributed by atoms with E-state index < -0.39 is 23.7 Å². The summed E-state index contributed by atoms with van der Waals surface area (Å²) < 4.78 is 40.0. The zero-order valence-electron chi connectivity index (χ0n) is 21.2. The highest BCUT2D eigenvalue weighted by molar-refractivity contribution is 8.00. The zero-order valence-corrected chi connectivity index (χ0v) is 22.8. The molecule has 1 amide bonds. The Kier molecular flexibility index (Phi) is 7.78. The van der Waals surface area contributed by atoms with Crippen LogP contribution in [-0.2, 0) is 19.1 Å². The molecule has 1 fully saturated rings. The first kappa shape index (κ1) is 28.2. The second kappa shape index (κ2) is 11.3. The van der Waals surface area contributed by atoms with Crippen LogP contribution in [0.5, 0.6) is 0 Å². The molecular formula is C25H19ClF3N9O2S. The van der Waals surface area contributed by atoms with Crippen molar-refractivity contribution in [1.82, 2.24) is 40.3 Å². The summed E-state index contributed by atoms with van der Waals surface area (Å²) in [5.74, 6) is -0.622. The molecule has 1 aliphatic heterocycles. The van der Waals surface area contributed by atoms with E-state index >= 15 is 0 Å². The lowest BCUT2D eigenvalue weighted by Gasteiger charge is -2.26. The smallest absolute Gasteiger partial charge is 0.348 e. The van der Waals surface area contributed by atoms with Crippen LogP contribution in [0, 0.1) is 18.3 Å². The van der Waals surface area contributed by atoms with Crippen molar-refractivity contribution in [3.8, 4) is 11.9 Å². The average molecular weight is 602 g/mol. The zero-order chi connectivity index (χ0) is 29.3. The molecule has 0 aliphatic carbocycles. The number of amides is 1. The van der Waals surface area contributed by atoms with Crippen molar-refractivity contribution < 1.29 is 22.8 Å². The third kappa shape index (κ3) is 6.08. The molecule has 0 bridgehead atoms. The number of halogens is 4. The number of benzene rings is 1. The van der Waals surface area contributed by atoms with Crippen molar-refractivity contribution in [2.45, 2.75) is 32.1 Å². The lowest BCUT2D eigenvalue weighted by Crippen LogP contribution is -2.44. The molecule has 5 rings (SSSR count). The topological polar surface area (TPSA) is 144 Å². The van der Waals surface area contributed by atoms with Gasteiger partial charge in [-0.05, 0) is 53.6 Å². The molecule has 0 atom stereocenters. The predicted molar refractivity (Wildman–Crippen MR) is 141 cm³/mol. The summed E-state index contributed by atoms with van der Waals surface area (Å²) in [4.78, 5) is 31.8. The first-order chi connectivity index (χ1) is 19.5. The van der Waals surface area contributed by atoms with E-state index in [0.29, 0.717) is 15.9 Å². The van der Waals surface area contributed by atoms with Crippen LogP contribution in [0.3, 0.4) is 0 Å². The molecule has 4 heterocycles. The van der Waals surface area contributed by atoms with Gasteiger partial charge in [0.2, 0.25) is 0 Å². The van der Waals surface area contributed by atoms with Gasteiger partial charge in [0.15, 0.2) is 11.6 Å². The highest BCUT2D eigenvalue weighted by atomic mass is 35.5. The number of carbonyl (C=O) groups is 2. The Balaban J connectivity index is 1.51. The highest BCUT2D eigenvalue weighted by Crippen LogP contribution is 2.26. The highest BCUT2D eigenvalue weighted by Gasteiger charge is 2.37. The summed E-state index contributed by atoms with van der Waals surface area (Å²) in [6, 6.07) is 9.57. The molecule has 210 valence electrons. The van der Waals surface area contributed by atoms with Gasteiger partial charge in [0.05, 0.1) is 22.3 Å². The van der Waals surface area contributed by atoms with Crippen LogP contribution in [0.15, 0.2) is 36.5 Å². The molecule has 1 saturated heterocycles. The minimum atomic E-state index is -4.78. The van der Waals surface area contributed by atoms with E-state index in [1.807, 2.05) is 6.07 Å². The Morgan fingerprint density at radius 2 is 2.02 bits per heavy atom. The van der Waals surface area contributed by atoms with Gasteiger partial charge in [0, 0.05) is 35.7 Å². The van der Waals surface area contributed by atoms with E-state index in [-0.39, 0.29) is 52.4 Å². The van der Waals surface area contributed by atoms with Gasteiger partial charge >= 0.3 is 6.18 Å². The second-order valence-electron chi connectivity index (χ2n) is 9.12. The van der Waals surface area contributed by atoms with E-state index in [1.165, 1.54) is 23.0 Å². The number of aryl methyl sites for hydroxylation is 1. The van der Waals surface area contributed by atoms with Crippen molar-refractivity contribution in [1.29, 1.82) is 5.26 Å². The number of Topliss-reactive ketones (excluding diaryl/α,β-unsaturated/α-hetero) is 1. The number of nitriles is 1. The van der Waals surface area contributed by atoms with Crippen LogP contribution in [0.2, 0.25) is 5.02 Å². The van der Waals surface area contributed by atoms with Gasteiger partial charge in [-0.2, -0.15) is 40.1 Å². The fraction of sp³-hybridized carbons (Fsp3) is 0.280. The number of hydrogen-bond acceptors (Lipinski definition) is 9. The quantitative estimate of drug-likeness (QED) is 0.300. The molecular weight excluding hydrogens is 583 g/mol. The molecule has 41 heavy (non-hydrogen) atoms. The molecule has 3 aromatic heterocycles. The molecule has 16 heteroatoms. The molecule has 1 N–H and O–H groups in total. The molecule has 11 nitrogen and oxygen atoms in total. The molecule has 0 spiro atoms. The number of tetrazole rings is 1. The number of pyridine rings is 1. The largest absolute Gasteiger partial charge is 0.455 e. The van der Waals surface area contributed by atoms with E-state index in [9.17, 15) is 28.0 Å². The van der Waals surface area contributed by atoms with Crippen LogP contribution in [0.1, 0.15) is 49.1 Å². The van der Waals surface area contributed by atoms with E-state index in [1.54, 1.807) is 36.9 Å². The average Bonchev–Trinajstić information content (AvgIpc) is 3.55. The number of nitrogens with one attached hydrogen (secondary N) is 1. The van der Waals surface area contributed by atoms with Crippen molar-refractivity contribution in [3.63, 3.8) is 0 Å². The second-order valence-corrected chi connectivity index (χ2v) is 10.6. The van der Waals surface area contributed by atoms with Gasteiger partial charge in [0.25, 0.3) is 11.7 Å². The van der Waals surface area contributed by atoms with Crippen LogP contribution < -0.4 is 5.32 Å². The monoisotopic (exact) mass is 601 g/mol. The first-order valence-electron chi connectivity index (χ1n) is 12.0. The van der Waals surface area contributed by atoms with Crippen molar-refractivity contribution in [2.24, 2.45) is 0 Å². The van der Waals surface area contributed by atoms with Crippen molar-refractivity contribution in [3.05, 3.63) is 81.0 Å².